The summed E-state index contributed by atoms with van der Waals surface area (Å²) in [6, 6.07) is 0. The Bertz CT molecular complexity index is 297. The molecule has 0 spiro atoms. The van der Waals surface area contributed by atoms with Crippen LogP contribution in [0.1, 0.15) is 85.5 Å². The van der Waals surface area contributed by atoms with Crippen molar-refractivity contribution in [2.24, 2.45) is 5.92 Å². The summed E-state index contributed by atoms with van der Waals surface area (Å²) in [6.07, 6.45) is 7.19. The highest BCUT2D eigenvalue weighted by atomic mass is 16.5. The molecule has 0 fully saturated rings. The summed E-state index contributed by atoms with van der Waals surface area (Å²) in [7, 11) is 0. The molecule has 0 heterocycles. The molecule has 0 bridgehead atoms. The summed E-state index contributed by atoms with van der Waals surface area (Å²) in [5, 5.41) is 0. The summed E-state index contributed by atoms with van der Waals surface area (Å²) in [6.45, 7) is 8.87. The molecule has 0 saturated carbocycles. The van der Waals surface area contributed by atoms with Gasteiger partial charge in [0.2, 0.25) is 0 Å². The minimum Gasteiger partial charge on any atom is -0.466 e. The van der Waals surface area contributed by atoms with E-state index in [-0.39, 0.29) is 18.0 Å². The van der Waals surface area contributed by atoms with Gasteiger partial charge in [0, 0.05) is 12.8 Å². The van der Waals surface area contributed by atoms with E-state index < -0.39 is 0 Å². The number of hydrogen-bond donors (Lipinski definition) is 0. The van der Waals surface area contributed by atoms with Gasteiger partial charge in [0.1, 0.15) is 6.10 Å². The maximum Gasteiger partial charge on any atom is 0.306 e. The van der Waals surface area contributed by atoms with Crippen LogP contribution in [0.3, 0.4) is 0 Å². The van der Waals surface area contributed by atoms with Crippen molar-refractivity contribution in [3.63, 3.8) is 0 Å². The second kappa shape index (κ2) is 13.6. The van der Waals surface area contributed by atoms with Crippen LogP contribution in [0.5, 0.6) is 0 Å². The zero-order chi connectivity index (χ0) is 16.8. The molecule has 0 aliphatic carbocycles. The number of ether oxygens (including phenoxy) is 2. The number of hydrogen-bond acceptors (Lipinski definition) is 4. The number of esters is 2. The molecule has 0 aliphatic heterocycles. The van der Waals surface area contributed by atoms with Gasteiger partial charge in [0.05, 0.1) is 6.61 Å². The summed E-state index contributed by atoms with van der Waals surface area (Å²) < 4.78 is 10.5. The molecular formula is C18H34O4. The van der Waals surface area contributed by atoms with Crippen LogP contribution in [0, 0.1) is 5.92 Å². The molecule has 0 aromatic carbocycles. The zero-order valence-electron chi connectivity index (χ0n) is 14.9. The Labute approximate surface area is 135 Å². The van der Waals surface area contributed by atoms with E-state index in [1.54, 1.807) is 0 Å². The average molecular weight is 314 g/mol. The Morgan fingerprint density at radius 2 is 1.50 bits per heavy atom. The van der Waals surface area contributed by atoms with Crippen LogP contribution < -0.4 is 0 Å². The van der Waals surface area contributed by atoms with Crippen molar-refractivity contribution < 1.29 is 19.1 Å². The molecule has 1 unspecified atom stereocenters. The normalized spacial score (nSPS) is 12.2. The molecule has 0 aromatic rings. The summed E-state index contributed by atoms with van der Waals surface area (Å²) in [4.78, 5) is 23.1. The Kier molecular flexibility index (Phi) is 12.9. The van der Waals surface area contributed by atoms with Gasteiger partial charge in [-0.25, -0.2) is 0 Å². The minimum absolute atomic E-state index is 0.0140. The van der Waals surface area contributed by atoms with Gasteiger partial charge in [-0.2, -0.15) is 0 Å². The molecular weight excluding hydrogens is 280 g/mol. The van der Waals surface area contributed by atoms with Crippen LogP contribution in [0.4, 0.5) is 0 Å². The predicted molar refractivity (Wildman–Crippen MR) is 88.6 cm³/mol. The first-order chi connectivity index (χ1) is 10.6. The van der Waals surface area contributed by atoms with Crippen molar-refractivity contribution in [2.75, 3.05) is 6.61 Å². The molecule has 130 valence electrons. The smallest absolute Gasteiger partial charge is 0.306 e. The molecule has 0 N–H and O–H groups in total. The number of carbonyl (C=O) groups excluding carboxylic acids is 2. The predicted octanol–water partition coefficient (Wildman–Crippen LogP) is 4.65. The van der Waals surface area contributed by atoms with Crippen LogP contribution in [0.15, 0.2) is 0 Å². The van der Waals surface area contributed by atoms with E-state index in [9.17, 15) is 9.59 Å². The molecule has 0 amide bonds. The maximum absolute atomic E-state index is 11.8. The molecule has 0 rings (SSSR count). The fourth-order valence-electron chi connectivity index (χ4n) is 2.37. The summed E-state index contributed by atoms with van der Waals surface area (Å²) in [5.41, 5.74) is 0. The fraction of sp³-hybridized carbons (Fsp3) is 0.889. The molecule has 4 heteroatoms. The molecule has 22 heavy (non-hydrogen) atoms. The van der Waals surface area contributed by atoms with Crippen LogP contribution in [0.2, 0.25) is 0 Å². The topological polar surface area (TPSA) is 52.6 Å². The van der Waals surface area contributed by atoms with Gasteiger partial charge in [0.15, 0.2) is 0 Å². The van der Waals surface area contributed by atoms with E-state index in [2.05, 4.69) is 13.8 Å². The lowest BCUT2D eigenvalue weighted by atomic mass is 9.95. The highest BCUT2D eigenvalue weighted by molar-refractivity contribution is 5.72. The van der Waals surface area contributed by atoms with Crippen LogP contribution in [0.25, 0.3) is 0 Å². The van der Waals surface area contributed by atoms with E-state index in [4.69, 9.17) is 9.47 Å². The first kappa shape index (κ1) is 20.9. The van der Waals surface area contributed by atoms with Gasteiger partial charge in [-0.1, -0.05) is 40.5 Å². The van der Waals surface area contributed by atoms with E-state index in [0.29, 0.717) is 25.9 Å². The third-order valence-corrected chi connectivity index (χ3v) is 4.03. The standard InChI is InChI=1S/C18H34O4/c1-5-14-21-17(19)10-9-11-18(20)22-16(8-4)13-12-15(6-2)7-3/h15-16H,5-14H2,1-4H3. The second-order valence-electron chi connectivity index (χ2n) is 5.85. The van der Waals surface area contributed by atoms with Crippen molar-refractivity contribution in [3.05, 3.63) is 0 Å². The third-order valence-electron chi connectivity index (χ3n) is 4.03. The Balaban J connectivity index is 3.88. The lowest BCUT2D eigenvalue weighted by Gasteiger charge is -2.19. The average Bonchev–Trinajstić information content (AvgIpc) is 2.52. The first-order valence-electron chi connectivity index (χ1n) is 8.92. The number of carbonyl (C=O) groups is 2. The van der Waals surface area contributed by atoms with Crippen LogP contribution in [-0.2, 0) is 19.1 Å². The lowest BCUT2D eigenvalue weighted by molar-refractivity contribution is -0.150. The zero-order valence-corrected chi connectivity index (χ0v) is 14.9. The Hall–Kier alpha value is -1.06. The van der Waals surface area contributed by atoms with Gasteiger partial charge in [0.25, 0.3) is 0 Å². The van der Waals surface area contributed by atoms with Gasteiger partial charge in [-0.05, 0) is 38.0 Å². The van der Waals surface area contributed by atoms with Gasteiger partial charge in [-0.15, -0.1) is 0 Å². The van der Waals surface area contributed by atoms with Gasteiger partial charge in [-0.3, -0.25) is 9.59 Å². The monoisotopic (exact) mass is 314 g/mol. The molecule has 0 radical (unpaired) electrons. The van der Waals surface area contributed by atoms with Gasteiger partial charge < -0.3 is 9.47 Å². The summed E-state index contributed by atoms with van der Waals surface area (Å²) >= 11 is 0. The fourth-order valence-corrected chi connectivity index (χ4v) is 2.37. The Morgan fingerprint density at radius 3 is 2.05 bits per heavy atom. The minimum atomic E-state index is -0.226. The lowest BCUT2D eigenvalue weighted by Crippen LogP contribution is -2.19. The van der Waals surface area contributed by atoms with Crippen molar-refractivity contribution in [1.29, 1.82) is 0 Å². The third kappa shape index (κ3) is 10.6. The van der Waals surface area contributed by atoms with E-state index in [1.807, 2.05) is 13.8 Å². The van der Waals surface area contributed by atoms with Crippen molar-refractivity contribution in [2.45, 2.75) is 91.6 Å². The van der Waals surface area contributed by atoms with Crippen LogP contribution >= 0.6 is 0 Å². The maximum atomic E-state index is 11.8. The van der Waals surface area contributed by atoms with Crippen molar-refractivity contribution in [3.8, 4) is 0 Å². The van der Waals surface area contributed by atoms with E-state index in [1.165, 1.54) is 12.8 Å². The summed E-state index contributed by atoms with van der Waals surface area (Å²) in [5.74, 6) is 0.302. The molecule has 0 saturated heterocycles. The largest absolute Gasteiger partial charge is 0.466 e. The molecule has 1 atom stereocenters. The highest BCUT2D eigenvalue weighted by Crippen LogP contribution is 2.19. The Morgan fingerprint density at radius 1 is 0.864 bits per heavy atom. The van der Waals surface area contributed by atoms with Crippen LogP contribution in [-0.4, -0.2) is 24.6 Å². The van der Waals surface area contributed by atoms with E-state index in [0.717, 1.165) is 31.6 Å². The van der Waals surface area contributed by atoms with Crippen molar-refractivity contribution >= 4 is 11.9 Å². The second-order valence-corrected chi connectivity index (χ2v) is 5.85. The molecule has 0 aliphatic rings. The first-order valence-corrected chi connectivity index (χ1v) is 8.92. The highest BCUT2D eigenvalue weighted by Gasteiger charge is 2.15. The molecule has 4 nitrogen and oxygen atoms in total. The van der Waals surface area contributed by atoms with Crippen molar-refractivity contribution in [1.82, 2.24) is 0 Å². The molecule has 0 aromatic heterocycles. The quantitative estimate of drug-likeness (QED) is 0.464. The SMILES string of the molecule is CCCOC(=O)CCCC(=O)OC(CC)CCC(CC)CC. The van der Waals surface area contributed by atoms with Gasteiger partial charge >= 0.3 is 11.9 Å². The van der Waals surface area contributed by atoms with E-state index >= 15 is 0 Å². The number of rotatable bonds is 13.